The van der Waals surface area contributed by atoms with E-state index in [9.17, 15) is 14.4 Å². The minimum absolute atomic E-state index is 0.0404. The quantitative estimate of drug-likeness (QED) is 0.617. The maximum atomic E-state index is 12.8. The van der Waals surface area contributed by atoms with Crippen LogP contribution in [-0.2, 0) is 14.3 Å². The van der Waals surface area contributed by atoms with Gasteiger partial charge in [-0.1, -0.05) is 6.07 Å². The summed E-state index contributed by atoms with van der Waals surface area (Å²) < 4.78 is 9.80. The number of hydrogen-bond acceptors (Lipinski definition) is 7. The molecule has 1 aromatic heterocycles. The van der Waals surface area contributed by atoms with Crippen LogP contribution in [0.25, 0.3) is 0 Å². The number of carbonyl (C=O) groups excluding carboxylic acids is 3. The maximum absolute atomic E-state index is 12.8. The van der Waals surface area contributed by atoms with Crippen LogP contribution in [0.4, 0.5) is 22.0 Å². The second-order valence-corrected chi connectivity index (χ2v) is 7.45. The Hall–Kier alpha value is -3.66. The molecule has 0 unspecified atom stereocenters. The Kier molecular flexibility index (Phi) is 8.59. The van der Waals surface area contributed by atoms with Crippen molar-refractivity contribution < 1.29 is 23.9 Å². The summed E-state index contributed by atoms with van der Waals surface area (Å²) >= 11 is 0. The van der Waals surface area contributed by atoms with Gasteiger partial charge in [0.05, 0.1) is 12.2 Å². The third kappa shape index (κ3) is 6.91. The average Bonchev–Trinajstić information content (AvgIpc) is 3.06. The minimum atomic E-state index is -0.391. The Morgan fingerprint density at radius 3 is 2.52 bits per heavy atom. The van der Waals surface area contributed by atoms with E-state index < -0.39 is 5.97 Å². The summed E-state index contributed by atoms with van der Waals surface area (Å²) in [6.07, 6.45) is 2.29. The second-order valence-electron chi connectivity index (χ2n) is 7.45. The van der Waals surface area contributed by atoms with Crippen molar-refractivity contribution in [3.8, 4) is 0 Å². The summed E-state index contributed by atoms with van der Waals surface area (Å²) in [6.45, 7) is 4.53. The van der Waals surface area contributed by atoms with E-state index in [0.717, 1.165) is 18.8 Å². The van der Waals surface area contributed by atoms with Gasteiger partial charge in [0.1, 0.15) is 12.4 Å². The van der Waals surface area contributed by atoms with E-state index in [2.05, 4.69) is 20.5 Å². The molecule has 3 amide bonds. The van der Waals surface area contributed by atoms with Crippen molar-refractivity contribution in [3.63, 3.8) is 0 Å². The zero-order valence-corrected chi connectivity index (χ0v) is 18.9. The highest BCUT2D eigenvalue weighted by Gasteiger charge is 2.20. The number of hydrogen-bond donors (Lipinski definition) is 2. The van der Waals surface area contributed by atoms with Crippen LogP contribution in [0.5, 0.6) is 0 Å². The molecule has 1 aliphatic rings. The Morgan fingerprint density at radius 2 is 1.82 bits per heavy atom. The van der Waals surface area contributed by atoms with Gasteiger partial charge in [0, 0.05) is 50.9 Å². The van der Waals surface area contributed by atoms with Gasteiger partial charge in [-0.15, -0.1) is 0 Å². The topological polar surface area (TPSA) is 113 Å². The monoisotopic (exact) mass is 455 g/mol. The fraction of sp³-hybridized carbons (Fsp3) is 0.391. The molecule has 10 nitrogen and oxygen atoms in total. The predicted molar refractivity (Wildman–Crippen MR) is 125 cm³/mol. The van der Waals surface area contributed by atoms with Crippen molar-refractivity contribution in [2.45, 2.75) is 13.3 Å². The summed E-state index contributed by atoms with van der Waals surface area (Å²) in [5.41, 5.74) is 1.58. The first kappa shape index (κ1) is 24.0. The van der Waals surface area contributed by atoms with Crippen molar-refractivity contribution >= 4 is 35.1 Å². The molecule has 1 aromatic carbocycles. The van der Waals surface area contributed by atoms with Gasteiger partial charge in [-0.2, -0.15) is 0 Å². The Bertz CT molecular complexity index is 966. The van der Waals surface area contributed by atoms with Gasteiger partial charge >= 0.3 is 12.0 Å². The van der Waals surface area contributed by atoms with Crippen LogP contribution >= 0.6 is 0 Å². The number of methoxy groups -OCH3 is 1. The number of nitrogens with one attached hydrogen (secondary N) is 2. The van der Waals surface area contributed by atoms with Crippen molar-refractivity contribution in [1.29, 1.82) is 0 Å². The van der Waals surface area contributed by atoms with Gasteiger partial charge in [0.25, 0.3) is 0 Å². The molecular weight excluding hydrogens is 426 g/mol. The number of rotatable bonds is 7. The number of benzene rings is 1. The normalized spacial score (nSPS) is 13.8. The molecule has 176 valence electrons. The molecule has 0 aliphatic carbocycles. The Balaban J connectivity index is 1.55. The summed E-state index contributed by atoms with van der Waals surface area (Å²) in [5, 5.41) is 5.61. The van der Waals surface area contributed by atoms with E-state index in [-0.39, 0.29) is 18.5 Å². The Labute approximate surface area is 192 Å². The molecule has 0 atom stereocenters. The fourth-order valence-corrected chi connectivity index (χ4v) is 3.46. The molecule has 1 aliphatic heterocycles. The molecular formula is C23H29N5O5. The highest BCUT2D eigenvalue weighted by Crippen LogP contribution is 2.18. The molecule has 10 heteroatoms. The fourth-order valence-electron chi connectivity index (χ4n) is 3.46. The molecule has 2 aromatic rings. The van der Waals surface area contributed by atoms with Gasteiger partial charge in [-0.25, -0.2) is 14.6 Å². The van der Waals surface area contributed by atoms with Gasteiger partial charge in [0.2, 0.25) is 5.91 Å². The van der Waals surface area contributed by atoms with Crippen LogP contribution < -0.4 is 15.5 Å². The summed E-state index contributed by atoms with van der Waals surface area (Å²) in [4.78, 5) is 44.5. The molecule has 1 fully saturated rings. The molecule has 0 saturated carbocycles. The summed E-state index contributed by atoms with van der Waals surface area (Å²) in [7, 11) is 1.45. The number of anilines is 3. The molecule has 0 radical (unpaired) electrons. The summed E-state index contributed by atoms with van der Waals surface area (Å²) in [5.74, 6) is 0.0971. The molecule has 0 spiro atoms. The number of amides is 3. The van der Waals surface area contributed by atoms with Crippen molar-refractivity contribution in [3.05, 3.63) is 48.2 Å². The second kappa shape index (κ2) is 11.8. The zero-order valence-electron chi connectivity index (χ0n) is 18.9. The lowest BCUT2D eigenvalue weighted by Gasteiger charge is -2.23. The third-order valence-corrected chi connectivity index (χ3v) is 5.04. The highest BCUT2D eigenvalue weighted by atomic mass is 16.5. The lowest BCUT2D eigenvalue weighted by molar-refractivity contribution is -0.119. The largest absolute Gasteiger partial charge is 0.462 e. The van der Waals surface area contributed by atoms with E-state index in [1.165, 1.54) is 13.3 Å². The van der Waals surface area contributed by atoms with Crippen LogP contribution in [0.3, 0.4) is 0 Å². The summed E-state index contributed by atoms with van der Waals surface area (Å²) in [6, 6.07) is 10.3. The van der Waals surface area contributed by atoms with Gasteiger partial charge in [-0.3, -0.25) is 4.79 Å². The van der Waals surface area contributed by atoms with Crippen molar-refractivity contribution in [2.75, 3.05) is 62.0 Å². The minimum Gasteiger partial charge on any atom is -0.462 e. The molecule has 2 N–H and O–H groups in total. The average molecular weight is 456 g/mol. The predicted octanol–water partition coefficient (Wildman–Crippen LogP) is 2.59. The number of pyridine rings is 1. The lowest BCUT2D eigenvalue weighted by atomic mass is 10.2. The lowest BCUT2D eigenvalue weighted by Crippen LogP contribution is -2.38. The molecule has 3 rings (SSSR count). The maximum Gasteiger partial charge on any atom is 0.339 e. The van der Waals surface area contributed by atoms with E-state index in [0.29, 0.717) is 43.2 Å². The first-order valence-electron chi connectivity index (χ1n) is 10.8. The third-order valence-electron chi connectivity index (χ3n) is 5.04. The van der Waals surface area contributed by atoms with Crippen LogP contribution in [0, 0.1) is 0 Å². The van der Waals surface area contributed by atoms with Crippen molar-refractivity contribution in [1.82, 2.24) is 9.88 Å². The van der Waals surface area contributed by atoms with E-state index in [4.69, 9.17) is 9.47 Å². The standard InChI is InChI=1S/C23H29N5O5/c1-3-33-22(30)17-8-9-20(24-15-17)27-10-5-11-28(13-12-27)23(31)26-19-7-4-6-18(14-19)25-21(29)16-32-2/h4,6-9,14-15H,3,5,10-13,16H2,1-2H3,(H,25,29)(H,26,31). The molecule has 0 bridgehead atoms. The number of esters is 1. The zero-order chi connectivity index (χ0) is 23.6. The molecule has 33 heavy (non-hydrogen) atoms. The van der Waals surface area contributed by atoms with Crippen LogP contribution in [0.1, 0.15) is 23.7 Å². The number of nitrogens with zero attached hydrogens (tertiary/aromatic N) is 3. The van der Waals surface area contributed by atoms with Gasteiger partial charge in [-0.05, 0) is 43.7 Å². The SMILES string of the molecule is CCOC(=O)c1ccc(N2CCCN(C(=O)Nc3cccc(NC(=O)COC)c3)CC2)nc1. The van der Waals surface area contributed by atoms with Gasteiger partial charge in [0.15, 0.2) is 0 Å². The molecule has 2 heterocycles. The van der Waals surface area contributed by atoms with E-state index in [1.54, 1.807) is 48.2 Å². The van der Waals surface area contributed by atoms with E-state index in [1.807, 2.05) is 0 Å². The van der Waals surface area contributed by atoms with Gasteiger partial charge < -0.3 is 29.9 Å². The molecule has 1 saturated heterocycles. The number of ether oxygens (including phenoxy) is 2. The highest BCUT2D eigenvalue weighted by molar-refractivity contribution is 5.94. The number of urea groups is 1. The first-order valence-corrected chi connectivity index (χ1v) is 10.8. The number of aromatic nitrogens is 1. The van der Waals surface area contributed by atoms with Crippen LogP contribution in [-0.4, -0.2) is 74.3 Å². The van der Waals surface area contributed by atoms with Crippen molar-refractivity contribution in [2.24, 2.45) is 0 Å². The van der Waals surface area contributed by atoms with E-state index >= 15 is 0 Å². The number of carbonyl (C=O) groups is 3. The van der Waals surface area contributed by atoms with Crippen LogP contribution in [0.2, 0.25) is 0 Å². The Morgan fingerprint density at radius 1 is 1.03 bits per heavy atom. The van der Waals surface area contributed by atoms with Crippen LogP contribution in [0.15, 0.2) is 42.6 Å². The first-order chi connectivity index (χ1) is 16.0. The smallest absolute Gasteiger partial charge is 0.339 e.